The smallest absolute Gasteiger partial charge is 0.243 e. The van der Waals surface area contributed by atoms with Crippen LogP contribution in [0.3, 0.4) is 0 Å². The first-order chi connectivity index (χ1) is 11.0. The molecule has 0 atom stereocenters. The van der Waals surface area contributed by atoms with Crippen LogP contribution in [0.4, 0.5) is 5.69 Å². The van der Waals surface area contributed by atoms with Crippen molar-refractivity contribution in [2.24, 2.45) is 0 Å². The van der Waals surface area contributed by atoms with Crippen molar-refractivity contribution in [3.05, 3.63) is 52.2 Å². The summed E-state index contributed by atoms with van der Waals surface area (Å²) >= 11 is 9.47. The maximum Gasteiger partial charge on any atom is 0.243 e. The molecule has 0 spiro atoms. The molecule has 8 heteroatoms. The van der Waals surface area contributed by atoms with E-state index in [2.05, 4.69) is 25.8 Å². The van der Waals surface area contributed by atoms with Crippen molar-refractivity contribution >= 4 is 43.2 Å². The number of benzene rings is 1. The number of hydrogen-bond acceptors (Lipinski definition) is 4. The van der Waals surface area contributed by atoms with Crippen molar-refractivity contribution in [1.82, 2.24) is 9.29 Å². The number of anilines is 1. The average molecular weight is 417 g/mol. The van der Waals surface area contributed by atoms with Crippen LogP contribution in [0, 0.1) is 0 Å². The zero-order valence-corrected chi connectivity index (χ0v) is 15.4. The summed E-state index contributed by atoms with van der Waals surface area (Å²) in [5.41, 5.74) is 0.891. The Balaban J connectivity index is 1.74. The molecule has 23 heavy (non-hydrogen) atoms. The van der Waals surface area contributed by atoms with Gasteiger partial charge < -0.3 is 4.90 Å². The second-order valence-electron chi connectivity index (χ2n) is 5.17. The molecule has 1 aromatic heterocycles. The molecule has 0 radical (unpaired) electrons. The minimum atomic E-state index is -3.45. The fourth-order valence-electron chi connectivity index (χ4n) is 2.55. The maximum atomic E-state index is 12.7. The van der Waals surface area contributed by atoms with Gasteiger partial charge in [0.15, 0.2) is 0 Å². The molecule has 5 nitrogen and oxygen atoms in total. The second-order valence-corrected chi connectivity index (χ2v) is 8.43. The first kappa shape index (κ1) is 16.7. The van der Waals surface area contributed by atoms with Crippen LogP contribution in [0.25, 0.3) is 0 Å². The van der Waals surface area contributed by atoms with Crippen LogP contribution in [0.1, 0.15) is 0 Å². The van der Waals surface area contributed by atoms with Crippen LogP contribution in [-0.4, -0.2) is 43.9 Å². The van der Waals surface area contributed by atoms with Crippen LogP contribution < -0.4 is 4.90 Å². The highest BCUT2D eigenvalue weighted by Gasteiger charge is 2.29. The molecule has 0 bridgehead atoms. The van der Waals surface area contributed by atoms with E-state index in [1.165, 1.54) is 4.31 Å². The van der Waals surface area contributed by atoms with E-state index in [9.17, 15) is 8.42 Å². The summed E-state index contributed by atoms with van der Waals surface area (Å²) in [4.78, 5) is 6.37. The first-order valence-corrected chi connectivity index (χ1v) is 9.70. The van der Waals surface area contributed by atoms with Crippen LogP contribution in [0.5, 0.6) is 0 Å². The van der Waals surface area contributed by atoms with Crippen LogP contribution in [0.15, 0.2) is 52.1 Å². The number of nitrogens with zero attached hydrogens (tertiary/aromatic N) is 3. The number of rotatable bonds is 3. The van der Waals surface area contributed by atoms with Gasteiger partial charge in [-0.1, -0.05) is 27.5 Å². The summed E-state index contributed by atoms with van der Waals surface area (Å²) in [7, 11) is -3.45. The Morgan fingerprint density at radius 3 is 2.30 bits per heavy atom. The SMILES string of the molecule is O=S(=O)(c1ccc(Br)cc1)N1CCN(c2ccncc2Cl)CC1. The Morgan fingerprint density at radius 1 is 1.04 bits per heavy atom. The summed E-state index contributed by atoms with van der Waals surface area (Å²) in [6.07, 6.45) is 3.29. The minimum absolute atomic E-state index is 0.316. The van der Waals surface area contributed by atoms with E-state index < -0.39 is 10.0 Å². The lowest BCUT2D eigenvalue weighted by molar-refractivity contribution is 0.385. The van der Waals surface area contributed by atoms with Crippen LogP contribution >= 0.6 is 27.5 Å². The molecule has 0 saturated carbocycles. The van der Waals surface area contributed by atoms with Crippen LogP contribution in [0.2, 0.25) is 5.02 Å². The largest absolute Gasteiger partial charge is 0.368 e. The quantitative estimate of drug-likeness (QED) is 0.772. The highest BCUT2D eigenvalue weighted by molar-refractivity contribution is 9.10. The van der Waals surface area contributed by atoms with Gasteiger partial charge in [-0.05, 0) is 30.3 Å². The van der Waals surface area contributed by atoms with Crippen molar-refractivity contribution < 1.29 is 8.42 Å². The van der Waals surface area contributed by atoms with Gasteiger partial charge in [0.05, 0.1) is 15.6 Å². The number of sulfonamides is 1. The molecule has 1 saturated heterocycles. The number of aromatic nitrogens is 1. The van der Waals surface area contributed by atoms with Crippen LogP contribution in [-0.2, 0) is 10.0 Å². The fourth-order valence-corrected chi connectivity index (χ4v) is 4.47. The molecule has 0 N–H and O–H groups in total. The van der Waals surface area contributed by atoms with E-state index in [-0.39, 0.29) is 0 Å². The zero-order valence-electron chi connectivity index (χ0n) is 12.2. The summed E-state index contributed by atoms with van der Waals surface area (Å²) in [6, 6.07) is 8.55. The first-order valence-electron chi connectivity index (χ1n) is 7.08. The monoisotopic (exact) mass is 415 g/mol. The average Bonchev–Trinajstić information content (AvgIpc) is 2.56. The minimum Gasteiger partial charge on any atom is -0.368 e. The lowest BCUT2D eigenvalue weighted by atomic mass is 10.3. The molecule has 1 aromatic carbocycles. The van der Waals surface area contributed by atoms with Gasteiger partial charge in [-0.3, -0.25) is 4.98 Å². The van der Waals surface area contributed by atoms with Crippen molar-refractivity contribution in [2.75, 3.05) is 31.1 Å². The lowest BCUT2D eigenvalue weighted by Crippen LogP contribution is -2.48. The predicted octanol–water partition coefficient (Wildman–Crippen LogP) is 3.01. The molecule has 0 amide bonds. The summed E-state index contributed by atoms with van der Waals surface area (Å²) < 4.78 is 27.7. The van der Waals surface area contributed by atoms with Gasteiger partial charge in [0.1, 0.15) is 0 Å². The molecule has 122 valence electrons. The molecular weight excluding hydrogens is 402 g/mol. The normalized spacial score (nSPS) is 16.5. The molecule has 1 aliphatic heterocycles. The third-order valence-corrected chi connectivity index (χ3v) is 6.51. The van der Waals surface area contributed by atoms with E-state index in [0.717, 1.165) is 10.2 Å². The number of halogens is 2. The maximum absolute atomic E-state index is 12.7. The van der Waals surface area contributed by atoms with Crippen molar-refractivity contribution in [1.29, 1.82) is 0 Å². The van der Waals surface area contributed by atoms with Gasteiger partial charge in [-0.25, -0.2) is 8.42 Å². The van der Waals surface area contributed by atoms with Gasteiger partial charge in [-0.2, -0.15) is 4.31 Å². The Hall–Kier alpha value is -1.15. The molecule has 0 unspecified atom stereocenters. The van der Waals surface area contributed by atoms with Crippen molar-refractivity contribution in [2.45, 2.75) is 4.90 Å². The van der Waals surface area contributed by atoms with Crippen molar-refractivity contribution in [3.8, 4) is 0 Å². The Kier molecular flexibility index (Phi) is 4.91. The Bertz CT molecular complexity index is 791. The standard InChI is InChI=1S/C15H15BrClN3O2S/c16-12-1-3-13(4-2-12)23(21,22)20-9-7-19(8-10-20)15-5-6-18-11-14(15)17/h1-6,11H,7-10H2. The topological polar surface area (TPSA) is 53.5 Å². The molecule has 2 heterocycles. The van der Waals surface area contributed by atoms with Gasteiger partial charge in [0.2, 0.25) is 10.0 Å². The molecule has 1 aliphatic rings. The fraction of sp³-hybridized carbons (Fsp3) is 0.267. The molecule has 3 rings (SSSR count). The Labute approximate surface area is 149 Å². The zero-order chi connectivity index (χ0) is 16.4. The molecular formula is C15H15BrClN3O2S. The summed E-state index contributed by atoms with van der Waals surface area (Å²) in [6.45, 7) is 2.05. The molecule has 1 fully saturated rings. The molecule has 0 aliphatic carbocycles. The van der Waals surface area contributed by atoms with Gasteiger partial charge >= 0.3 is 0 Å². The van der Waals surface area contributed by atoms with Crippen molar-refractivity contribution in [3.63, 3.8) is 0 Å². The highest BCUT2D eigenvalue weighted by Crippen LogP contribution is 2.26. The third kappa shape index (κ3) is 3.52. The van der Waals surface area contributed by atoms with Gasteiger partial charge in [0, 0.05) is 43.0 Å². The van der Waals surface area contributed by atoms with E-state index >= 15 is 0 Å². The summed E-state index contributed by atoms with van der Waals surface area (Å²) in [5.74, 6) is 0. The highest BCUT2D eigenvalue weighted by atomic mass is 79.9. The molecule has 2 aromatic rings. The second kappa shape index (κ2) is 6.76. The van der Waals surface area contributed by atoms with Gasteiger partial charge in [0.25, 0.3) is 0 Å². The number of pyridine rings is 1. The van der Waals surface area contributed by atoms with Gasteiger partial charge in [-0.15, -0.1) is 0 Å². The summed E-state index contributed by atoms with van der Waals surface area (Å²) in [5, 5.41) is 0.580. The van der Waals surface area contributed by atoms with E-state index in [1.54, 1.807) is 36.7 Å². The predicted molar refractivity (Wildman–Crippen MR) is 94.4 cm³/mol. The third-order valence-electron chi connectivity index (χ3n) is 3.78. The number of hydrogen-bond donors (Lipinski definition) is 0. The number of piperazine rings is 1. The van der Waals surface area contributed by atoms with E-state index in [4.69, 9.17) is 11.6 Å². The Morgan fingerprint density at radius 2 is 1.70 bits per heavy atom. The van der Waals surface area contributed by atoms with E-state index in [0.29, 0.717) is 36.1 Å². The lowest BCUT2D eigenvalue weighted by Gasteiger charge is -2.35. The van der Waals surface area contributed by atoms with E-state index in [1.807, 2.05) is 6.07 Å².